The average Bonchev–Trinajstić information content (AvgIpc) is 2.91. The molecule has 10 nitrogen and oxygen atoms in total. The van der Waals surface area contributed by atoms with E-state index >= 15 is 0 Å². The van der Waals surface area contributed by atoms with E-state index in [0.29, 0.717) is 65.8 Å². The van der Waals surface area contributed by atoms with Gasteiger partial charge in [0.2, 0.25) is 11.7 Å². The fraction of sp³-hybridized carbons (Fsp3) is 0.400. The monoisotopic (exact) mass is 485 g/mol. The summed E-state index contributed by atoms with van der Waals surface area (Å²) in [6.07, 6.45) is 2.59. The Bertz CT molecular complexity index is 1030. The van der Waals surface area contributed by atoms with Crippen molar-refractivity contribution in [2.45, 2.75) is 12.8 Å². The summed E-state index contributed by atoms with van der Waals surface area (Å²) >= 11 is 0. The van der Waals surface area contributed by atoms with Crippen molar-refractivity contribution in [3.63, 3.8) is 0 Å². The van der Waals surface area contributed by atoms with E-state index in [2.05, 4.69) is 10.5 Å². The van der Waals surface area contributed by atoms with Gasteiger partial charge in [-0.25, -0.2) is 5.43 Å². The molecule has 2 aromatic carbocycles. The van der Waals surface area contributed by atoms with Crippen molar-refractivity contribution in [1.29, 1.82) is 0 Å². The molecule has 0 atom stereocenters. The van der Waals surface area contributed by atoms with Crippen LogP contribution in [0, 0.1) is 5.92 Å². The van der Waals surface area contributed by atoms with E-state index in [4.69, 9.17) is 23.7 Å². The lowest BCUT2D eigenvalue weighted by atomic mass is 9.95. The number of rotatable bonds is 9. The summed E-state index contributed by atoms with van der Waals surface area (Å²) in [5.41, 5.74) is 3.75. The lowest BCUT2D eigenvalue weighted by molar-refractivity contribution is -0.126. The van der Waals surface area contributed by atoms with Crippen molar-refractivity contribution < 1.29 is 33.3 Å². The molecule has 0 radical (unpaired) electrons. The summed E-state index contributed by atoms with van der Waals surface area (Å²) in [5.74, 6) is 2.00. The van der Waals surface area contributed by atoms with Gasteiger partial charge in [-0.3, -0.25) is 9.59 Å². The van der Waals surface area contributed by atoms with Crippen molar-refractivity contribution >= 4 is 18.0 Å². The first kappa shape index (κ1) is 25.7. The topological polar surface area (TPSA) is 108 Å². The van der Waals surface area contributed by atoms with Gasteiger partial charge in [0.15, 0.2) is 11.5 Å². The molecule has 188 valence electrons. The molecule has 0 bridgehead atoms. The molecule has 0 unspecified atom stereocenters. The molecule has 3 rings (SSSR count). The molecular formula is C25H31N3O7. The second-order valence-corrected chi connectivity index (χ2v) is 7.86. The van der Waals surface area contributed by atoms with Gasteiger partial charge >= 0.3 is 0 Å². The highest BCUT2D eigenvalue weighted by Crippen LogP contribution is 2.37. The Labute approximate surface area is 204 Å². The molecule has 10 heteroatoms. The number of ether oxygens (including phenoxy) is 5. The quantitative estimate of drug-likeness (QED) is 0.430. The van der Waals surface area contributed by atoms with Gasteiger partial charge in [-0.1, -0.05) is 0 Å². The molecule has 1 fully saturated rings. The summed E-state index contributed by atoms with van der Waals surface area (Å²) in [4.78, 5) is 27.3. The van der Waals surface area contributed by atoms with Crippen LogP contribution in [0.3, 0.4) is 0 Å². The molecule has 0 aliphatic carbocycles. The number of hydrogen-bond donors (Lipinski definition) is 1. The number of carbonyl (C=O) groups excluding carboxylic acids is 2. The highest BCUT2D eigenvalue weighted by atomic mass is 16.5. The SMILES string of the molecule is COc1cc(OC)cc(C(=O)N2CCC(C(=O)N/N=C\c3cc(OC)c(OC)c(OC)c3)CC2)c1. The molecule has 2 amide bonds. The highest BCUT2D eigenvalue weighted by Gasteiger charge is 2.28. The lowest BCUT2D eigenvalue weighted by Crippen LogP contribution is -2.42. The van der Waals surface area contributed by atoms with E-state index in [1.807, 2.05) is 0 Å². The normalized spacial score (nSPS) is 13.9. The third-order valence-electron chi connectivity index (χ3n) is 5.83. The van der Waals surface area contributed by atoms with Gasteiger partial charge in [-0.2, -0.15) is 5.10 Å². The third-order valence-corrected chi connectivity index (χ3v) is 5.83. The number of hydrogen-bond acceptors (Lipinski definition) is 8. The van der Waals surface area contributed by atoms with Crippen molar-refractivity contribution in [3.8, 4) is 28.7 Å². The Hall–Kier alpha value is -3.95. The van der Waals surface area contributed by atoms with E-state index in [0.717, 1.165) is 0 Å². The number of nitrogens with zero attached hydrogens (tertiary/aromatic N) is 2. The van der Waals surface area contributed by atoms with E-state index in [-0.39, 0.29) is 17.7 Å². The van der Waals surface area contributed by atoms with Crippen molar-refractivity contribution in [2.24, 2.45) is 11.0 Å². The Kier molecular flexibility index (Phi) is 8.77. The summed E-state index contributed by atoms with van der Waals surface area (Å²) in [7, 11) is 7.67. The van der Waals surface area contributed by atoms with E-state index in [9.17, 15) is 9.59 Å². The molecule has 0 aromatic heterocycles. The minimum Gasteiger partial charge on any atom is -0.497 e. The minimum absolute atomic E-state index is 0.124. The van der Waals surface area contributed by atoms with Gasteiger partial charge in [0.05, 0.1) is 41.8 Å². The molecule has 1 heterocycles. The Morgan fingerprint density at radius 3 is 1.91 bits per heavy atom. The standard InChI is InChI=1S/C25H31N3O7/c1-31-19-12-18(13-20(14-19)32-2)25(30)28-8-6-17(7-9-28)24(29)27-26-15-16-10-21(33-3)23(35-5)22(11-16)34-4/h10-15,17H,6-9H2,1-5H3,(H,27,29)/b26-15-. The van der Waals surface area contributed by atoms with Crippen LogP contribution in [0.2, 0.25) is 0 Å². The first-order chi connectivity index (χ1) is 16.9. The summed E-state index contributed by atoms with van der Waals surface area (Å²) in [5, 5.41) is 4.08. The van der Waals surface area contributed by atoms with Gasteiger partial charge in [0.1, 0.15) is 11.5 Å². The van der Waals surface area contributed by atoms with Gasteiger partial charge in [-0.15, -0.1) is 0 Å². The molecule has 1 aliphatic rings. The van der Waals surface area contributed by atoms with Crippen molar-refractivity contribution in [2.75, 3.05) is 48.6 Å². The molecule has 1 aliphatic heterocycles. The number of carbonyl (C=O) groups is 2. The molecule has 2 aromatic rings. The maximum absolute atomic E-state index is 13.0. The molecule has 1 N–H and O–H groups in total. The van der Waals surface area contributed by atoms with Gasteiger partial charge in [0, 0.05) is 36.2 Å². The average molecular weight is 486 g/mol. The second kappa shape index (κ2) is 12.0. The molecule has 0 spiro atoms. The number of methoxy groups -OCH3 is 5. The summed E-state index contributed by atoms with van der Waals surface area (Å²) in [6, 6.07) is 8.54. The summed E-state index contributed by atoms with van der Waals surface area (Å²) < 4.78 is 26.5. The molecular weight excluding hydrogens is 454 g/mol. The Morgan fingerprint density at radius 2 is 1.43 bits per heavy atom. The molecule has 35 heavy (non-hydrogen) atoms. The van der Waals surface area contributed by atoms with Crippen LogP contribution >= 0.6 is 0 Å². The fourth-order valence-electron chi connectivity index (χ4n) is 3.90. The van der Waals surface area contributed by atoms with Crippen LogP contribution < -0.4 is 29.1 Å². The van der Waals surface area contributed by atoms with Crippen LogP contribution in [-0.2, 0) is 4.79 Å². The zero-order valence-electron chi connectivity index (χ0n) is 20.6. The minimum atomic E-state index is -0.240. The Morgan fingerprint density at radius 1 is 0.857 bits per heavy atom. The number of amides is 2. The van der Waals surface area contributed by atoms with E-state index in [1.54, 1.807) is 35.2 Å². The largest absolute Gasteiger partial charge is 0.497 e. The maximum atomic E-state index is 13.0. The molecule has 1 saturated heterocycles. The fourth-order valence-corrected chi connectivity index (χ4v) is 3.90. The highest BCUT2D eigenvalue weighted by molar-refractivity contribution is 5.95. The van der Waals surface area contributed by atoms with Gasteiger partial charge < -0.3 is 28.6 Å². The second-order valence-electron chi connectivity index (χ2n) is 7.86. The first-order valence-electron chi connectivity index (χ1n) is 11.1. The predicted molar refractivity (Wildman–Crippen MR) is 130 cm³/mol. The predicted octanol–water partition coefficient (Wildman–Crippen LogP) is 2.73. The van der Waals surface area contributed by atoms with Gasteiger partial charge in [-0.05, 0) is 37.1 Å². The van der Waals surface area contributed by atoms with Crippen LogP contribution in [0.15, 0.2) is 35.4 Å². The number of likely N-dealkylation sites (tertiary alicyclic amines) is 1. The van der Waals surface area contributed by atoms with Gasteiger partial charge in [0.25, 0.3) is 5.91 Å². The number of benzene rings is 2. The Balaban J connectivity index is 1.57. The smallest absolute Gasteiger partial charge is 0.254 e. The van der Waals surface area contributed by atoms with Crippen molar-refractivity contribution in [1.82, 2.24) is 10.3 Å². The first-order valence-corrected chi connectivity index (χ1v) is 11.1. The van der Waals surface area contributed by atoms with E-state index < -0.39 is 0 Å². The maximum Gasteiger partial charge on any atom is 0.254 e. The van der Waals surface area contributed by atoms with Crippen LogP contribution in [0.1, 0.15) is 28.8 Å². The third kappa shape index (κ3) is 6.14. The lowest BCUT2D eigenvalue weighted by Gasteiger charge is -2.31. The zero-order valence-corrected chi connectivity index (χ0v) is 20.6. The van der Waals surface area contributed by atoms with Crippen molar-refractivity contribution in [3.05, 3.63) is 41.5 Å². The van der Waals surface area contributed by atoms with E-state index in [1.165, 1.54) is 41.8 Å². The van der Waals surface area contributed by atoms with Crippen LogP contribution in [0.4, 0.5) is 0 Å². The number of nitrogens with one attached hydrogen (secondary N) is 1. The van der Waals surface area contributed by atoms with Crippen LogP contribution in [-0.4, -0.2) is 71.6 Å². The number of hydrazone groups is 1. The number of piperidine rings is 1. The van der Waals surface area contributed by atoms with Crippen LogP contribution in [0.5, 0.6) is 28.7 Å². The zero-order chi connectivity index (χ0) is 25.4. The summed E-state index contributed by atoms with van der Waals surface area (Å²) in [6.45, 7) is 0.931. The van der Waals surface area contributed by atoms with Crippen LogP contribution in [0.25, 0.3) is 0 Å². The molecule has 0 saturated carbocycles.